The summed E-state index contributed by atoms with van der Waals surface area (Å²) in [5.41, 5.74) is 3.53. The van der Waals surface area contributed by atoms with Crippen LogP contribution in [0.4, 0.5) is 10.8 Å². The number of aryl methyl sites for hydroxylation is 2. The highest BCUT2D eigenvalue weighted by molar-refractivity contribution is 7.89. The van der Waals surface area contributed by atoms with E-state index >= 15 is 0 Å². The molecule has 2 aromatic heterocycles. The highest BCUT2D eigenvalue weighted by atomic mass is 32.2. The summed E-state index contributed by atoms with van der Waals surface area (Å²) in [7, 11) is -3.87. The molecule has 26 heavy (non-hydrogen) atoms. The summed E-state index contributed by atoms with van der Waals surface area (Å²) < 4.78 is 23.5. The standard InChI is InChI=1S/C17H18N4O3S2/c1-10-7-12(8-11(2)19-10)16-14(9-22)25-17(21-16)20-13-5-3-4-6-15(13)26(18,23)24/h3-8,22H,9H2,1-2H3,(H,20,21)(H2,18,23,24). The maximum absolute atomic E-state index is 11.7. The highest BCUT2D eigenvalue weighted by Crippen LogP contribution is 2.34. The van der Waals surface area contributed by atoms with Crippen LogP contribution in [0.25, 0.3) is 11.3 Å². The molecule has 3 rings (SSSR count). The second kappa shape index (κ2) is 7.12. The number of nitrogens with two attached hydrogens (primary N) is 1. The Morgan fingerprint density at radius 1 is 1.15 bits per heavy atom. The van der Waals surface area contributed by atoms with Crippen molar-refractivity contribution in [2.24, 2.45) is 5.14 Å². The first kappa shape index (κ1) is 18.5. The number of rotatable bonds is 5. The Bertz CT molecular complexity index is 1040. The average Bonchev–Trinajstić information content (AvgIpc) is 2.96. The van der Waals surface area contributed by atoms with Gasteiger partial charge in [0.1, 0.15) is 4.90 Å². The third kappa shape index (κ3) is 3.91. The average molecular weight is 390 g/mol. The maximum Gasteiger partial charge on any atom is 0.240 e. The summed E-state index contributed by atoms with van der Waals surface area (Å²) in [5, 5.41) is 18.4. The number of anilines is 2. The Hall–Kier alpha value is -2.33. The van der Waals surface area contributed by atoms with Crippen LogP contribution in [0.5, 0.6) is 0 Å². The van der Waals surface area contributed by atoms with Crippen molar-refractivity contribution < 1.29 is 13.5 Å². The number of aliphatic hydroxyl groups is 1. The molecule has 4 N–H and O–H groups in total. The fourth-order valence-corrected chi connectivity index (χ4v) is 4.19. The van der Waals surface area contributed by atoms with Crippen LogP contribution >= 0.6 is 11.3 Å². The number of para-hydroxylation sites is 1. The van der Waals surface area contributed by atoms with Gasteiger partial charge in [0.2, 0.25) is 10.0 Å². The second-order valence-corrected chi connectivity index (χ2v) is 8.37. The summed E-state index contributed by atoms with van der Waals surface area (Å²) in [6.45, 7) is 3.61. The van der Waals surface area contributed by atoms with Crippen molar-refractivity contribution in [1.29, 1.82) is 0 Å². The third-order valence-corrected chi connectivity index (χ3v) is 5.56. The molecule has 1 aromatic carbocycles. The van der Waals surface area contributed by atoms with Crippen LogP contribution in [-0.4, -0.2) is 23.5 Å². The first-order valence-corrected chi connectivity index (χ1v) is 10.1. The van der Waals surface area contributed by atoms with Crippen LogP contribution in [0, 0.1) is 13.8 Å². The molecule has 136 valence electrons. The predicted octanol–water partition coefficient (Wildman–Crippen LogP) is 2.71. The number of thiazole rings is 1. The van der Waals surface area contributed by atoms with Crippen molar-refractivity contribution in [2.45, 2.75) is 25.3 Å². The van der Waals surface area contributed by atoms with Gasteiger partial charge in [0, 0.05) is 17.0 Å². The Labute approximate surface area is 155 Å². The van der Waals surface area contributed by atoms with E-state index in [1.807, 2.05) is 26.0 Å². The van der Waals surface area contributed by atoms with Crippen LogP contribution < -0.4 is 10.5 Å². The van der Waals surface area contributed by atoms with Crippen molar-refractivity contribution in [3.8, 4) is 11.3 Å². The molecule has 0 bridgehead atoms. The van der Waals surface area contributed by atoms with Gasteiger partial charge in [-0.15, -0.1) is 0 Å². The fraction of sp³-hybridized carbons (Fsp3) is 0.176. The molecule has 0 saturated carbocycles. The molecular weight excluding hydrogens is 372 g/mol. The number of hydrogen-bond donors (Lipinski definition) is 3. The molecule has 0 aliphatic heterocycles. The van der Waals surface area contributed by atoms with Crippen LogP contribution in [0.2, 0.25) is 0 Å². The lowest BCUT2D eigenvalue weighted by Crippen LogP contribution is -2.13. The van der Waals surface area contributed by atoms with Gasteiger partial charge in [0.25, 0.3) is 0 Å². The molecule has 0 amide bonds. The van der Waals surface area contributed by atoms with Crippen molar-refractivity contribution in [2.75, 3.05) is 5.32 Å². The van der Waals surface area contributed by atoms with E-state index in [1.54, 1.807) is 18.2 Å². The van der Waals surface area contributed by atoms with Gasteiger partial charge in [0.15, 0.2) is 5.13 Å². The van der Waals surface area contributed by atoms with E-state index in [9.17, 15) is 13.5 Å². The van der Waals surface area contributed by atoms with Gasteiger partial charge in [-0.1, -0.05) is 23.5 Å². The molecule has 3 aromatic rings. The lowest BCUT2D eigenvalue weighted by Gasteiger charge is -2.07. The topological polar surface area (TPSA) is 118 Å². The minimum atomic E-state index is -3.87. The molecule has 0 atom stereocenters. The van der Waals surface area contributed by atoms with E-state index in [0.29, 0.717) is 21.4 Å². The first-order chi connectivity index (χ1) is 12.3. The van der Waals surface area contributed by atoms with Crippen LogP contribution in [-0.2, 0) is 16.6 Å². The fourth-order valence-electron chi connectivity index (χ4n) is 2.64. The Balaban J connectivity index is 2.03. The largest absolute Gasteiger partial charge is 0.391 e. The number of primary sulfonamides is 1. The maximum atomic E-state index is 11.7. The monoisotopic (exact) mass is 390 g/mol. The summed E-state index contributed by atoms with van der Waals surface area (Å²) >= 11 is 1.25. The first-order valence-electron chi connectivity index (χ1n) is 7.73. The number of nitrogens with one attached hydrogen (secondary N) is 1. The minimum absolute atomic E-state index is 0.0158. The Morgan fingerprint density at radius 3 is 2.42 bits per heavy atom. The van der Waals surface area contributed by atoms with E-state index in [2.05, 4.69) is 15.3 Å². The predicted molar refractivity (Wildman–Crippen MR) is 102 cm³/mol. The van der Waals surface area contributed by atoms with Gasteiger partial charge in [-0.05, 0) is 38.1 Å². The molecule has 0 spiro atoms. The van der Waals surface area contributed by atoms with E-state index in [0.717, 1.165) is 17.0 Å². The van der Waals surface area contributed by atoms with Crippen molar-refractivity contribution in [1.82, 2.24) is 9.97 Å². The van der Waals surface area contributed by atoms with Crippen molar-refractivity contribution >= 4 is 32.2 Å². The molecular formula is C17H18N4O3S2. The van der Waals surface area contributed by atoms with Crippen LogP contribution in [0.15, 0.2) is 41.3 Å². The zero-order valence-corrected chi connectivity index (χ0v) is 15.9. The molecule has 0 saturated heterocycles. The molecule has 0 unspecified atom stereocenters. The number of aromatic nitrogens is 2. The molecule has 7 nitrogen and oxygen atoms in total. The van der Waals surface area contributed by atoms with E-state index in [1.165, 1.54) is 17.4 Å². The molecule has 0 aliphatic rings. The number of benzene rings is 1. The van der Waals surface area contributed by atoms with Gasteiger partial charge in [-0.2, -0.15) is 0 Å². The third-order valence-electron chi connectivity index (χ3n) is 3.63. The van der Waals surface area contributed by atoms with Gasteiger partial charge in [-0.3, -0.25) is 4.98 Å². The zero-order valence-electron chi connectivity index (χ0n) is 14.2. The SMILES string of the molecule is Cc1cc(-c2nc(Nc3ccccc3S(N)(=O)=O)sc2CO)cc(C)n1. The van der Waals surface area contributed by atoms with Gasteiger partial charge in [-0.25, -0.2) is 18.5 Å². The van der Waals surface area contributed by atoms with Gasteiger partial charge >= 0.3 is 0 Å². The summed E-state index contributed by atoms with van der Waals surface area (Å²) in [6.07, 6.45) is 0. The molecule has 0 fully saturated rings. The Kier molecular flexibility index (Phi) is 5.05. The lowest BCUT2D eigenvalue weighted by atomic mass is 10.1. The molecule has 0 aliphatic carbocycles. The molecule has 2 heterocycles. The van der Waals surface area contributed by atoms with Crippen molar-refractivity contribution in [3.63, 3.8) is 0 Å². The molecule has 9 heteroatoms. The second-order valence-electron chi connectivity index (χ2n) is 5.75. The number of sulfonamides is 1. The number of aliphatic hydroxyl groups excluding tert-OH is 1. The van der Waals surface area contributed by atoms with Crippen molar-refractivity contribution in [3.05, 3.63) is 52.7 Å². The van der Waals surface area contributed by atoms with E-state index in [4.69, 9.17) is 5.14 Å². The van der Waals surface area contributed by atoms with E-state index in [-0.39, 0.29) is 11.5 Å². The van der Waals surface area contributed by atoms with Crippen LogP contribution in [0.1, 0.15) is 16.3 Å². The summed E-state index contributed by atoms with van der Waals surface area (Å²) in [5.74, 6) is 0. The zero-order chi connectivity index (χ0) is 18.9. The van der Waals surface area contributed by atoms with E-state index < -0.39 is 10.0 Å². The lowest BCUT2D eigenvalue weighted by molar-refractivity contribution is 0.286. The Morgan fingerprint density at radius 2 is 1.81 bits per heavy atom. The minimum Gasteiger partial charge on any atom is -0.391 e. The summed E-state index contributed by atoms with van der Waals surface area (Å²) in [6, 6.07) is 10.1. The van der Waals surface area contributed by atoms with Gasteiger partial charge in [0.05, 0.1) is 22.9 Å². The van der Waals surface area contributed by atoms with Crippen LogP contribution in [0.3, 0.4) is 0 Å². The normalized spacial score (nSPS) is 11.5. The smallest absolute Gasteiger partial charge is 0.240 e. The van der Waals surface area contributed by atoms with Gasteiger partial charge < -0.3 is 10.4 Å². The molecule has 0 radical (unpaired) electrons. The summed E-state index contributed by atoms with van der Waals surface area (Å²) in [4.78, 5) is 9.54. The number of pyridine rings is 1. The highest BCUT2D eigenvalue weighted by Gasteiger charge is 2.17. The quantitative estimate of drug-likeness (QED) is 0.616. The number of hydrogen-bond acceptors (Lipinski definition) is 7. The number of nitrogens with zero attached hydrogens (tertiary/aromatic N) is 2.